The molecule has 0 saturated carbocycles. The summed E-state index contributed by atoms with van der Waals surface area (Å²) in [6.45, 7) is 14.2. The largest absolute Gasteiger partial charge is 0.467 e. The molecule has 0 amide bonds. The lowest BCUT2D eigenvalue weighted by atomic mass is 10.4. The van der Waals surface area contributed by atoms with Crippen molar-refractivity contribution in [2.24, 2.45) is 0 Å². The van der Waals surface area contributed by atoms with Gasteiger partial charge >= 0.3 is 5.97 Å². The zero-order chi connectivity index (χ0) is 14.8. The Morgan fingerprint density at radius 3 is 1.67 bits per heavy atom. The molecular weight excluding hydrogens is 230 g/mol. The average Bonchev–Trinajstić information content (AvgIpc) is 2.97. The Morgan fingerprint density at radius 2 is 1.50 bits per heavy atom. The number of ether oxygens (including phenoxy) is 2. The zero-order valence-corrected chi connectivity index (χ0v) is 13.4. The van der Waals surface area contributed by atoms with Crippen LogP contribution < -0.4 is 0 Å². The van der Waals surface area contributed by atoms with Gasteiger partial charge in [0.15, 0.2) is 0 Å². The van der Waals surface area contributed by atoms with Crippen LogP contribution in [0.25, 0.3) is 0 Å². The van der Waals surface area contributed by atoms with Crippen LogP contribution in [0.5, 0.6) is 0 Å². The van der Waals surface area contributed by atoms with Crippen LogP contribution in [0, 0.1) is 0 Å². The summed E-state index contributed by atoms with van der Waals surface area (Å²) in [6, 6.07) is 0. The minimum absolute atomic E-state index is 0.0382. The predicted octanol–water partition coefficient (Wildman–Crippen LogP) is 2.96. The summed E-state index contributed by atoms with van der Waals surface area (Å²) in [6.07, 6.45) is 2.85. The van der Waals surface area contributed by atoms with E-state index in [1.165, 1.54) is 46.7 Å². The number of hydrogen-bond donors (Lipinski definition) is 0. The molecule has 112 valence electrons. The van der Waals surface area contributed by atoms with E-state index in [-0.39, 0.29) is 12.6 Å². The second kappa shape index (κ2) is 21.7. The fourth-order valence-corrected chi connectivity index (χ4v) is 1.28. The Morgan fingerprint density at radius 1 is 1.06 bits per heavy atom. The smallest absolute Gasteiger partial charge is 0.331 e. The topological polar surface area (TPSA) is 38.8 Å². The molecule has 1 aliphatic heterocycles. The molecule has 0 radical (unpaired) electrons. The van der Waals surface area contributed by atoms with Crippen molar-refractivity contribution < 1.29 is 14.3 Å². The monoisotopic (exact) mass is 263 g/mol. The summed E-state index contributed by atoms with van der Waals surface area (Å²) in [4.78, 5) is 12.6. The van der Waals surface area contributed by atoms with Gasteiger partial charge in [0, 0.05) is 7.11 Å². The van der Waals surface area contributed by atoms with Gasteiger partial charge in [0.25, 0.3) is 0 Å². The summed E-state index contributed by atoms with van der Waals surface area (Å²) < 4.78 is 8.65. The van der Waals surface area contributed by atoms with Crippen molar-refractivity contribution in [2.75, 3.05) is 40.5 Å². The van der Waals surface area contributed by atoms with E-state index in [1.54, 1.807) is 0 Å². The van der Waals surface area contributed by atoms with E-state index in [2.05, 4.69) is 21.3 Å². The highest BCUT2D eigenvalue weighted by molar-refractivity contribution is 5.70. The van der Waals surface area contributed by atoms with Gasteiger partial charge in [0.05, 0.1) is 7.11 Å². The van der Waals surface area contributed by atoms with Crippen molar-refractivity contribution in [1.29, 1.82) is 0 Å². The second-order valence-electron chi connectivity index (χ2n) is 3.15. The Labute approximate surface area is 114 Å². The number of methoxy groups -OCH3 is 2. The molecule has 0 aromatic heterocycles. The molecule has 1 heterocycles. The average molecular weight is 263 g/mol. The van der Waals surface area contributed by atoms with Crippen molar-refractivity contribution in [3.63, 3.8) is 0 Å². The van der Waals surface area contributed by atoms with E-state index in [4.69, 9.17) is 0 Å². The third kappa shape index (κ3) is 17.8. The van der Waals surface area contributed by atoms with Gasteiger partial charge in [-0.05, 0) is 32.5 Å². The van der Waals surface area contributed by atoms with Crippen LogP contribution in [0.15, 0.2) is 0 Å². The molecule has 0 aliphatic carbocycles. The molecule has 0 aromatic carbocycles. The first kappa shape index (κ1) is 22.6. The highest BCUT2D eigenvalue weighted by Gasteiger charge is 2.06. The highest BCUT2D eigenvalue weighted by atomic mass is 16.6. The van der Waals surface area contributed by atoms with Crippen molar-refractivity contribution in [1.82, 2.24) is 4.90 Å². The molecule has 1 fully saturated rings. The third-order valence-corrected chi connectivity index (χ3v) is 2.14. The van der Waals surface area contributed by atoms with Gasteiger partial charge in [0.2, 0.25) is 0 Å². The van der Waals surface area contributed by atoms with E-state index in [0.29, 0.717) is 0 Å². The van der Waals surface area contributed by atoms with Crippen LogP contribution in [-0.2, 0) is 14.3 Å². The first-order valence-electron chi connectivity index (χ1n) is 7.02. The summed E-state index contributed by atoms with van der Waals surface area (Å²) in [7, 11) is 2.76. The zero-order valence-electron chi connectivity index (χ0n) is 13.4. The summed E-state index contributed by atoms with van der Waals surface area (Å²) in [5.74, 6) is -0.345. The number of nitrogens with zero attached hydrogens (tertiary/aromatic N) is 1. The van der Waals surface area contributed by atoms with Gasteiger partial charge in [-0.1, -0.05) is 34.6 Å². The molecule has 1 saturated heterocycles. The van der Waals surface area contributed by atoms with Gasteiger partial charge in [-0.15, -0.1) is 0 Å². The van der Waals surface area contributed by atoms with Gasteiger partial charge in [0.1, 0.15) is 6.61 Å². The molecule has 0 aromatic rings. The van der Waals surface area contributed by atoms with Crippen LogP contribution in [0.3, 0.4) is 0 Å². The number of carbonyl (C=O) groups is 1. The van der Waals surface area contributed by atoms with Crippen LogP contribution in [0.1, 0.15) is 47.5 Å². The van der Waals surface area contributed by atoms with Gasteiger partial charge in [-0.2, -0.15) is 0 Å². The molecule has 0 atom stereocenters. The lowest BCUT2D eigenvalue weighted by molar-refractivity contribution is -0.144. The summed E-state index contributed by atoms with van der Waals surface area (Å²) in [5, 5.41) is 0. The molecule has 4 heteroatoms. The molecule has 0 unspecified atom stereocenters. The van der Waals surface area contributed by atoms with Crippen molar-refractivity contribution in [2.45, 2.75) is 47.5 Å². The molecule has 0 N–H and O–H groups in total. The van der Waals surface area contributed by atoms with E-state index in [9.17, 15) is 4.79 Å². The lowest BCUT2D eigenvalue weighted by Gasteiger charge is -2.08. The van der Waals surface area contributed by atoms with Crippen molar-refractivity contribution >= 4 is 5.97 Å². The quantitative estimate of drug-likeness (QED) is 0.734. The van der Waals surface area contributed by atoms with E-state index in [1.807, 2.05) is 27.7 Å². The third-order valence-electron chi connectivity index (χ3n) is 2.14. The molecule has 1 rings (SSSR count). The van der Waals surface area contributed by atoms with E-state index < -0.39 is 0 Å². The number of likely N-dealkylation sites (tertiary alicyclic amines) is 1. The Bertz CT molecular complexity index is 146. The van der Waals surface area contributed by atoms with Crippen LogP contribution in [-0.4, -0.2) is 51.3 Å². The number of carbonyl (C=O) groups excluding carboxylic acids is 1. The maximum absolute atomic E-state index is 10.1. The van der Waals surface area contributed by atoms with Gasteiger partial charge in [-0.25, -0.2) is 4.79 Å². The first-order valence-corrected chi connectivity index (χ1v) is 7.02. The molecule has 18 heavy (non-hydrogen) atoms. The number of hydrogen-bond acceptors (Lipinski definition) is 4. The Hall–Kier alpha value is -0.610. The lowest BCUT2D eigenvalue weighted by Crippen LogP contribution is -2.17. The minimum Gasteiger partial charge on any atom is -0.467 e. The second-order valence-corrected chi connectivity index (χ2v) is 3.15. The molecular formula is C14H33NO3. The van der Waals surface area contributed by atoms with Crippen LogP contribution in [0.4, 0.5) is 0 Å². The molecule has 0 spiro atoms. The van der Waals surface area contributed by atoms with Crippen LogP contribution in [0.2, 0.25) is 0 Å². The van der Waals surface area contributed by atoms with Crippen LogP contribution >= 0.6 is 0 Å². The summed E-state index contributed by atoms with van der Waals surface area (Å²) in [5.41, 5.74) is 0. The number of esters is 1. The maximum atomic E-state index is 10.1. The van der Waals surface area contributed by atoms with Gasteiger partial charge in [-0.3, -0.25) is 0 Å². The number of rotatable bonds is 3. The van der Waals surface area contributed by atoms with E-state index in [0.717, 1.165) is 0 Å². The summed E-state index contributed by atoms with van der Waals surface area (Å²) >= 11 is 0. The SMILES string of the molecule is CC.CC.CCN1CCCC1.COCC(=O)OC. The highest BCUT2D eigenvalue weighted by Crippen LogP contribution is 2.04. The first-order chi connectivity index (χ1) is 8.74. The molecule has 0 bridgehead atoms. The van der Waals surface area contributed by atoms with Gasteiger partial charge < -0.3 is 14.4 Å². The normalized spacial score (nSPS) is 13.1. The van der Waals surface area contributed by atoms with Crippen molar-refractivity contribution in [3.05, 3.63) is 0 Å². The minimum atomic E-state index is -0.345. The van der Waals surface area contributed by atoms with Crippen molar-refractivity contribution in [3.8, 4) is 0 Å². The standard InChI is InChI=1S/C6H13N.C4H8O3.2C2H6/c1-2-7-5-3-4-6-7;1-6-3-4(5)7-2;2*1-2/h2-6H2,1H3;3H2,1-2H3;2*1-2H3. The predicted molar refractivity (Wildman–Crippen MR) is 77.9 cm³/mol. The Balaban J connectivity index is -0.000000196. The molecule has 1 aliphatic rings. The van der Waals surface area contributed by atoms with E-state index >= 15 is 0 Å². The molecule has 4 nitrogen and oxygen atoms in total. The maximum Gasteiger partial charge on any atom is 0.331 e. The Kier molecular flexibility index (Phi) is 27.1. The fourth-order valence-electron chi connectivity index (χ4n) is 1.28. The fraction of sp³-hybridized carbons (Fsp3) is 0.929.